The second-order valence-electron chi connectivity index (χ2n) is 6.63. The van der Waals surface area contributed by atoms with Crippen molar-refractivity contribution in [2.24, 2.45) is 0 Å². The number of hydrogen-bond acceptors (Lipinski definition) is 4. The highest BCUT2D eigenvalue weighted by Gasteiger charge is 2.28. The van der Waals surface area contributed by atoms with Crippen LogP contribution in [0.15, 0.2) is 54.7 Å². The Hall–Kier alpha value is -2.72. The Bertz CT molecular complexity index is 969. The van der Waals surface area contributed by atoms with E-state index in [-0.39, 0.29) is 11.7 Å². The Morgan fingerprint density at radius 3 is 2.69 bits per heavy atom. The van der Waals surface area contributed by atoms with Gasteiger partial charge in [-0.05, 0) is 49.1 Å². The van der Waals surface area contributed by atoms with Crippen molar-refractivity contribution in [3.8, 4) is 0 Å². The predicted octanol–water partition coefficient (Wildman–Crippen LogP) is 5.09. The molecule has 1 aliphatic rings. The quantitative estimate of drug-likeness (QED) is 0.703. The number of Topliss-reactive ketones (excluding diaryl/α,β-unsaturated/α-hetero) is 1. The molecule has 1 N–H and O–H groups in total. The summed E-state index contributed by atoms with van der Waals surface area (Å²) in [7, 11) is 0. The molecule has 5 heteroatoms. The van der Waals surface area contributed by atoms with Crippen molar-refractivity contribution >= 4 is 29.0 Å². The molecule has 130 valence electrons. The smallest absolute Gasteiger partial charge is 0.227 e. The fourth-order valence-electron chi connectivity index (χ4n) is 3.27. The van der Waals surface area contributed by atoms with Gasteiger partial charge >= 0.3 is 0 Å². The zero-order valence-electron chi connectivity index (χ0n) is 14.4. The van der Waals surface area contributed by atoms with Crippen LogP contribution in [0, 0.1) is 6.92 Å². The van der Waals surface area contributed by atoms with E-state index in [2.05, 4.69) is 15.3 Å². The lowest BCUT2D eigenvalue weighted by atomic mass is 9.82. The van der Waals surface area contributed by atoms with Crippen LogP contribution in [0.25, 0.3) is 0 Å². The van der Waals surface area contributed by atoms with Gasteiger partial charge in [0.15, 0.2) is 5.78 Å². The van der Waals surface area contributed by atoms with Crippen molar-refractivity contribution in [3.63, 3.8) is 0 Å². The molecule has 0 saturated heterocycles. The molecule has 4 nitrogen and oxygen atoms in total. The number of carbonyl (C=O) groups excluding carboxylic acids is 1. The molecule has 0 spiro atoms. The molecular formula is C21H18ClN3O. The summed E-state index contributed by atoms with van der Waals surface area (Å²) in [6.07, 6.45) is 2.79. The van der Waals surface area contributed by atoms with Crippen molar-refractivity contribution in [2.45, 2.75) is 25.7 Å². The summed E-state index contributed by atoms with van der Waals surface area (Å²) in [5, 5.41) is 3.89. The van der Waals surface area contributed by atoms with Gasteiger partial charge in [0.25, 0.3) is 0 Å². The van der Waals surface area contributed by atoms with E-state index in [0.717, 1.165) is 16.9 Å². The van der Waals surface area contributed by atoms with Gasteiger partial charge in [-0.2, -0.15) is 0 Å². The summed E-state index contributed by atoms with van der Waals surface area (Å²) in [5.41, 5.74) is 4.60. The van der Waals surface area contributed by atoms with Crippen molar-refractivity contribution in [3.05, 3.63) is 82.1 Å². The maximum atomic E-state index is 12.5. The van der Waals surface area contributed by atoms with Crippen LogP contribution in [0.4, 0.5) is 11.6 Å². The van der Waals surface area contributed by atoms with Crippen LogP contribution >= 0.6 is 11.6 Å². The van der Waals surface area contributed by atoms with Crippen molar-refractivity contribution < 1.29 is 4.79 Å². The summed E-state index contributed by atoms with van der Waals surface area (Å²) in [6, 6.07) is 15.7. The van der Waals surface area contributed by atoms with E-state index in [4.69, 9.17) is 11.6 Å². The fourth-order valence-corrected chi connectivity index (χ4v) is 3.47. The van der Waals surface area contributed by atoms with E-state index in [1.807, 2.05) is 55.5 Å². The minimum atomic E-state index is 0.0816. The summed E-state index contributed by atoms with van der Waals surface area (Å²) in [5.74, 6) is 0.682. The van der Waals surface area contributed by atoms with Gasteiger partial charge in [0, 0.05) is 23.3 Å². The number of hydrogen-bond donors (Lipinski definition) is 1. The fraction of sp³-hybridized carbons (Fsp3) is 0.190. The van der Waals surface area contributed by atoms with Gasteiger partial charge in [0.1, 0.15) is 0 Å². The zero-order valence-corrected chi connectivity index (χ0v) is 15.1. The second-order valence-corrected chi connectivity index (χ2v) is 7.06. The molecular weight excluding hydrogens is 346 g/mol. The lowest BCUT2D eigenvalue weighted by Crippen LogP contribution is -2.21. The first-order valence-corrected chi connectivity index (χ1v) is 8.94. The number of fused-ring (bicyclic) bond motifs is 1. The summed E-state index contributed by atoms with van der Waals surface area (Å²) in [6.45, 7) is 2.04. The minimum absolute atomic E-state index is 0.0816. The highest BCUT2D eigenvalue weighted by molar-refractivity contribution is 6.30. The molecule has 0 fully saturated rings. The largest absolute Gasteiger partial charge is 0.324 e. The van der Waals surface area contributed by atoms with Crippen LogP contribution in [0.3, 0.4) is 0 Å². The van der Waals surface area contributed by atoms with Gasteiger partial charge < -0.3 is 5.32 Å². The summed E-state index contributed by atoms with van der Waals surface area (Å²) < 4.78 is 0. The SMILES string of the molecule is Cc1ccc(Nc2ncc3c(n2)C[C@@H](c2cccc(Cl)c2)CC3=O)cc1. The van der Waals surface area contributed by atoms with Crippen LogP contribution in [-0.4, -0.2) is 15.8 Å². The number of carbonyl (C=O) groups is 1. The summed E-state index contributed by atoms with van der Waals surface area (Å²) >= 11 is 6.11. The Morgan fingerprint density at radius 1 is 1.12 bits per heavy atom. The number of ketones is 1. The molecule has 1 aliphatic carbocycles. The van der Waals surface area contributed by atoms with Crippen LogP contribution in [0.5, 0.6) is 0 Å². The van der Waals surface area contributed by atoms with Crippen LogP contribution in [-0.2, 0) is 6.42 Å². The van der Waals surface area contributed by atoms with E-state index >= 15 is 0 Å². The highest BCUT2D eigenvalue weighted by Crippen LogP contribution is 2.33. The molecule has 2 aromatic carbocycles. The predicted molar refractivity (Wildman–Crippen MR) is 103 cm³/mol. The first-order chi connectivity index (χ1) is 12.6. The van der Waals surface area contributed by atoms with Gasteiger partial charge in [-0.25, -0.2) is 9.97 Å². The number of benzene rings is 2. The maximum absolute atomic E-state index is 12.5. The number of nitrogens with one attached hydrogen (secondary N) is 1. The van der Waals surface area contributed by atoms with Crippen LogP contribution < -0.4 is 5.32 Å². The number of anilines is 2. The molecule has 3 aromatic rings. The Labute approximate surface area is 157 Å². The van der Waals surface area contributed by atoms with E-state index in [0.29, 0.717) is 29.4 Å². The monoisotopic (exact) mass is 363 g/mol. The normalized spacial score (nSPS) is 16.2. The van der Waals surface area contributed by atoms with Gasteiger partial charge in [0.2, 0.25) is 5.95 Å². The number of aromatic nitrogens is 2. The average molecular weight is 364 g/mol. The lowest BCUT2D eigenvalue weighted by Gasteiger charge is -2.23. The maximum Gasteiger partial charge on any atom is 0.227 e. The van der Waals surface area contributed by atoms with Crippen molar-refractivity contribution in [1.82, 2.24) is 9.97 Å². The van der Waals surface area contributed by atoms with Gasteiger partial charge in [-0.15, -0.1) is 0 Å². The molecule has 26 heavy (non-hydrogen) atoms. The summed E-state index contributed by atoms with van der Waals surface area (Å²) in [4.78, 5) is 21.4. The molecule has 1 aromatic heterocycles. The molecule has 0 saturated carbocycles. The molecule has 1 atom stereocenters. The Kier molecular flexibility index (Phi) is 4.43. The van der Waals surface area contributed by atoms with Gasteiger partial charge in [-0.1, -0.05) is 41.4 Å². The molecule has 1 heterocycles. The third-order valence-corrected chi connectivity index (χ3v) is 4.90. The van der Waals surface area contributed by atoms with Crippen molar-refractivity contribution in [1.29, 1.82) is 0 Å². The average Bonchev–Trinajstić information content (AvgIpc) is 2.63. The second kappa shape index (κ2) is 6.89. The first-order valence-electron chi connectivity index (χ1n) is 8.57. The standard InChI is InChI=1S/C21H18ClN3O/c1-13-5-7-17(8-6-13)24-21-23-12-18-19(25-21)10-15(11-20(18)26)14-3-2-4-16(22)9-14/h2-9,12,15H,10-11H2,1H3,(H,23,24,25)/t15-/m1/s1. The zero-order chi connectivity index (χ0) is 18.1. The molecule has 0 bridgehead atoms. The molecule has 0 unspecified atom stereocenters. The minimum Gasteiger partial charge on any atom is -0.324 e. The molecule has 0 aliphatic heterocycles. The highest BCUT2D eigenvalue weighted by atomic mass is 35.5. The molecule has 0 radical (unpaired) electrons. The topological polar surface area (TPSA) is 54.9 Å². The van der Waals surface area contributed by atoms with E-state index in [1.165, 1.54) is 5.56 Å². The number of rotatable bonds is 3. The Balaban J connectivity index is 1.61. The molecule has 4 rings (SSSR count). The van der Waals surface area contributed by atoms with Crippen molar-refractivity contribution in [2.75, 3.05) is 5.32 Å². The first kappa shape index (κ1) is 16.7. The number of aryl methyl sites for hydroxylation is 1. The Morgan fingerprint density at radius 2 is 1.92 bits per heavy atom. The van der Waals surface area contributed by atoms with Gasteiger partial charge in [-0.3, -0.25) is 4.79 Å². The number of halogens is 1. The van der Waals surface area contributed by atoms with Gasteiger partial charge in [0.05, 0.1) is 11.3 Å². The van der Waals surface area contributed by atoms with E-state index in [9.17, 15) is 4.79 Å². The van der Waals surface area contributed by atoms with Crippen LogP contribution in [0.1, 0.15) is 39.5 Å². The van der Waals surface area contributed by atoms with E-state index < -0.39 is 0 Å². The molecule has 0 amide bonds. The third kappa shape index (κ3) is 3.46. The number of nitrogens with zero attached hydrogens (tertiary/aromatic N) is 2. The van der Waals surface area contributed by atoms with Crippen LogP contribution in [0.2, 0.25) is 5.02 Å². The third-order valence-electron chi connectivity index (χ3n) is 4.67. The lowest BCUT2D eigenvalue weighted by molar-refractivity contribution is 0.0962. The van der Waals surface area contributed by atoms with E-state index in [1.54, 1.807) is 6.20 Å².